The van der Waals surface area contributed by atoms with E-state index in [0.717, 1.165) is 25.5 Å². The van der Waals surface area contributed by atoms with Gasteiger partial charge in [-0.25, -0.2) is 8.78 Å². The Labute approximate surface area is 141 Å². The van der Waals surface area contributed by atoms with Crippen molar-refractivity contribution in [2.45, 2.75) is 31.7 Å². The average Bonchev–Trinajstić information content (AvgIpc) is 2.51. The van der Waals surface area contributed by atoms with E-state index in [1.807, 2.05) is 6.92 Å². The van der Waals surface area contributed by atoms with Crippen molar-refractivity contribution >= 4 is 18.3 Å². The van der Waals surface area contributed by atoms with Crippen molar-refractivity contribution in [2.75, 3.05) is 26.3 Å². The van der Waals surface area contributed by atoms with Gasteiger partial charge in [-0.2, -0.15) is 0 Å². The van der Waals surface area contributed by atoms with Gasteiger partial charge in [0.2, 0.25) is 5.91 Å². The zero-order chi connectivity index (χ0) is 15.9. The molecule has 2 N–H and O–H groups in total. The monoisotopic (exact) mass is 348 g/mol. The van der Waals surface area contributed by atoms with E-state index in [0.29, 0.717) is 18.7 Å². The van der Waals surface area contributed by atoms with Crippen molar-refractivity contribution in [1.29, 1.82) is 0 Å². The topological polar surface area (TPSA) is 50.4 Å². The van der Waals surface area contributed by atoms with E-state index < -0.39 is 11.6 Å². The number of nitrogens with one attached hydrogen (secondary N) is 2. The van der Waals surface area contributed by atoms with Crippen LogP contribution < -0.4 is 10.6 Å². The van der Waals surface area contributed by atoms with Crippen LogP contribution in [-0.4, -0.2) is 38.3 Å². The van der Waals surface area contributed by atoms with Crippen molar-refractivity contribution in [3.63, 3.8) is 0 Å². The first-order valence-corrected chi connectivity index (χ1v) is 7.64. The van der Waals surface area contributed by atoms with Crippen LogP contribution in [0.3, 0.4) is 0 Å². The first-order valence-electron chi connectivity index (χ1n) is 7.64. The summed E-state index contributed by atoms with van der Waals surface area (Å²) in [6, 6.07) is 3.78. The molecule has 1 amide bonds. The molecule has 1 aliphatic rings. The van der Waals surface area contributed by atoms with Crippen LogP contribution in [0.15, 0.2) is 18.2 Å². The largest absolute Gasteiger partial charge is 0.372 e. The zero-order valence-electron chi connectivity index (χ0n) is 13.1. The van der Waals surface area contributed by atoms with Crippen molar-refractivity contribution < 1.29 is 18.3 Å². The summed E-state index contributed by atoms with van der Waals surface area (Å²) in [5.74, 6) is -1.93. The van der Waals surface area contributed by atoms with Gasteiger partial charge in [0.15, 0.2) is 11.6 Å². The lowest BCUT2D eigenvalue weighted by Gasteiger charge is -2.33. The Hall–Kier alpha value is -1.24. The normalized spacial score (nSPS) is 20.7. The number of carbonyl (C=O) groups is 1. The fourth-order valence-electron chi connectivity index (χ4n) is 2.71. The predicted molar refractivity (Wildman–Crippen MR) is 86.9 cm³/mol. The molecule has 2 unspecified atom stereocenters. The summed E-state index contributed by atoms with van der Waals surface area (Å²) in [7, 11) is 0. The third-order valence-electron chi connectivity index (χ3n) is 3.78. The second-order valence-electron chi connectivity index (χ2n) is 5.50. The maximum absolute atomic E-state index is 13.4. The SMILES string of the molecule is CCCOCC(=O)NC1CNCCC1c1ccc(F)c(F)c1.Cl. The van der Waals surface area contributed by atoms with Crippen LogP contribution in [0.5, 0.6) is 0 Å². The lowest BCUT2D eigenvalue weighted by atomic mass is 9.86. The number of rotatable bonds is 6. The van der Waals surface area contributed by atoms with E-state index in [2.05, 4.69) is 10.6 Å². The third kappa shape index (κ3) is 5.71. The number of ether oxygens (including phenoxy) is 1. The molecule has 1 fully saturated rings. The number of hydrogen-bond acceptors (Lipinski definition) is 3. The van der Waals surface area contributed by atoms with Gasteiger partial charge in [-0.05, 0) is 37.1 Å². The molecule has 1 heterocycles. The van der Waals surface area contributed by atoms with E-state index in [1.165, 1.54) is 6.07 Å². The first-order chi connectivity index (χ1) is 10.6. The van der Waals surface area contributed by atoms with Crippen molar-refractivity contribution in [3.8, 4) is 0 Å². The highest BCUT2D eigenvalue weighted by atomic mass is 35.5. The van der Waals surface area contributed by atoms with Crippen LogP contribution in [0.25, 0.3) is 0 Å². The summed E-state index contributed by atoms with van der Waals surface area (Å²) in [4.78, 5) is 11.9. The maximum Gasteiger partial charge on any atom is 0.246 e. The molecule has 1 saturated heterocycles. The molecule has 4 nitrogen and oxygen atoms in total. The van der Waals surface area contributed by atoms with Gasteiger partial charge in [0.05, 0.1) is 0 Å². The minimum Gasteiger partial charge on any atom is -0.372 e. The van der Waals surface area contributed by atoms with Crippen LogP contribution >= 0.6 is 12.4 Å². The molecule has 1 aromatic carbocycles. The van der Waals surface area contributed by atoms with Gasteiger partial charge in [-0.15, -0.1) is 12.4 Å². The van der Waals surface area contributed by atoms with Crippen LogP contribution in [0.1, 0.15) is 31.2 Å². The van der Waals surface area contributed by atoms with E-state index in [1.54, 1.807) is 6.07 Å². The summed E-state index contributed by atoms with van der Waals surface area (Å²) >= 11 is 0. The molecule has 130 valence electrons. The predicted octanol–water partition coefficient (Wildman–Crippen LogP) is 2.37. The zero-order valence-corrected chi connectivity index (χ0v) is 13.9. The van der Waals surface area contributed by atoms with Crippen LogP contribution in [0.4, 0.5) is 8.78 Å². The first kappa shape index (κ1) is 19.8. The number of hydrogen-bond donors (Lipinski definition) is 2. The summed E-state index contributed by atoms with van der Waals surface area (Å²) in [5.41, 5.74) is 0.708. The molecule has 2 rings (SSSR count). The fraction of sp³-hybridized carbons (Fsp3) is 0.562. The lowest BCUT2D eigenvalue weighted by molar-refractivity contribution is -0.126. The standard InChI is InChI=1S/C16H22F2N2O2.ClH/c1-2-7-22-10-16(21)20-15-9-19-6-5-12(15)11-3-4-13(17)14(18)8-11;/h3-4,8,12,15,19H,2,5-7,9-10H2,1H3,(H,20,21);1H. The van der Waals surface area contributed by atoms with Gasteiger partial charge in [-0.1, -0.05) is 13.0 Å². The Kier molecular flexibility index (Phi) is 8.44. The second-order valence-corrected chi connectivity index (χ2v) is 5.50. The third-order valence-corrected chi connectivity index (χ3v) is 3.78. The van der Waals surface area contributed by atoms with E-state index >= 15 is 0 Å². The van der Waals surface area contributed by atoms with Crippen LogP contribution in [0, 0.1) is 11.6 Å². The summed E-state index contributed by atoms with van der Waals surface area (Å²) in [5, 5.41) is 6.13. The van der Waals surface area contributed by atoms with Gasteiger partial charge < -0.3 is 15.4 Å². The van der Waals surface area contributed by atoms with Crippen LogP contribution in [0.2, 0.25) is 0 Å². The molecule has 7 heteroatoms. The van der Waals surface area contributed by atoms with Gasteiger partial charge in [0.1, 0.15) is 6.61 Å². The molecule has 2 atom stereocenters. The number of carbonyl (C=O) groups excluding carboxylic acids is 1. The van der Waals surface area contributed by atoms with E-state index in [4.69, 9.17) is 4.74 Å². The highest BCUT2D eigenvalue weighted by molar-refractivity contribution is 5.85. The number of piperidine rings is 1. The lowest BCUT2D eigenvalue weighted by Crippen LogP contribution is -2.50. The molecule has 0 aromatic heterocycles. The Balaban J connectivity index is 0.00000264. The number of amides is 1. The maximum atomic E-state index is 13.4. The van der Waals surface area contributed by atoms with Gasteiger partial charge in [-0.3, -0.25) is 4.79 Å². The molecule has 1 aromatic rings. The Morgan fingerprint density at radius 3 is 2.87 bits per heavy atom. The van der Waals surface area contributed by atoms with Crippen molar-refractivity contribution in [3.05, 3.63) is 35.4 Å². The van der Waals surface area contributed by atoms with Crippen molar-refractivity contribution in [2.24, 2.45) is 0 Å². The molecule has 0 saturated carbocycles. The van der Waals surface area contributed by atoms with Gasteiger partial charge in [0.25, 0.3) is 0 Å². The average molecular weight is 349 g/mol. The summed E-state index contributed by atoms with van der Waals surface area (Å²) < 4.78 is 31.7. The molecule has 0 spiro atoms. The quantitative estimate of drug-likeness (QED) is 0.776. The van der Waals surface area contributed by atoms with E-state index in [-0.39, 0.29) is 36.9 Å². The Morgan fingerprint density at radius 2 is 2.17 bits per heavy atom. The molecular weight excluding hydrogens is 326 g/mol. The molecule has 1 aliphatic heterocycles. The summed E-state index contributed by atoms with van der Waals surface area (Å²) in [6.07, 6.45) is 1.61. The Morgan fingerprint density at radius 1 is 1.39 bits per heavy atom. The highest BCUT2D eigenvalue weighted by Crippen LogP contribution is 2.26. The smallest absolute Gasteiger partial charge is 0.246 e. The molecule has 0 aliphatic carbocycles. The minimum absolute atomic E-state index is 0. The van der Waals surface area contributed by atoms with Crippen LogP contribution in [-0.2, 0) is 9.53 Å². The van der Waals surface area contributed by atoms with E-state index in [9.17, 15) is 13.6 Å². The summed E-state index contributed by atoms with van der Waals surface area (Å²) in [6.45, 7) is 3.92. The highest BCUT2D eigenvalue weighted by Gasteiger charge is 2.28. The van der Waals surface area contributed by atoms with Crippen molar-refractivity contribution in [1.82, 2.24) is 10.6 Å². The van der Waals surface area contributed by atoms with Gasteiger partial charge in [0, 0.05) is 25.1 Å². The molecular formula is C16H23ClF2N2O2. The molecule has 0 radical (unpaired) electrons. The molecule has 0 bridgehead atoms. The minimum atomic E-state index is -0.855. The molecule has 23 heavy (non-hydrogen) atoms. The number of benzene rings is 1. The number of halogens is 3. The van der Waals surface area contributed by atoms with Gasteiger partial charge >= 0.3 is 0 Å². The fourth-order valence-corrected chi connectivity index (χ4v) is 2.71. The second kappa shape index (κ2) is 9.80. The Bertz CT molecular complexity index is 517.